The highest BCUT2D eigenvalue weighted by atomic mass is 19.3. The van der Waals surface area contributed by atoms with Crippen LogP contribution in [-0.4, -0.2) is 165 Å². The van der Waals surface area contributed by atoms with E-state index in [4.69, 9.17) is 18.9 Å². The number of carbonyl (C=O) groups is 3. The second-order valence-corrected chi connectivity index (χ2v) is 15.2. The number of halogens is 2. The molecule has 1 amide bonds. The van der Waals surface area contributed by atoms with E-state index in [9.17, 15) is 28.3 Å². The molecule has 0 aromatic carbocycles. The number of ether oxygens (including phenoxy) is 4. The average molecular weight is 675 g/mol. The summed E-state index contributed by atoms with van der Waals surface area (Å²) in [6, 6.07) is -0.440. The van der Waals surface area contributed by atoms with Crippen LogP contribution < -0.4 is 0 Å². The number of likely N-dealkylation sites (N-methyl/N-ethyl adjacent to an activating group) is 2. The molecule has 12 nitrogen and oxygen atoms in total. The van der Waals surface area contributed by atoms with Crippen molar-refractivity contribution >= 4 is 17.7 Å². The average Bonchev–Trinajstić information content (AvgIpc) is 2.95. The number of cyclic esters (lactones) is 1. The second-order valence-electron chi connectivity index (χ2n) is 15.2. The number of ketones is 1. The number of esters is 1. The van der Waals surface area contributed by atoms with E-state index in [1.165, 1.54) is 4.90 Å². The Kier molecular flexibility index (Phi) is 11.8. The first-order valence-corrected chi connectivity index (χ1v) is 16.8. The van der Waals surface area contributed by atoms with Gasteiger partial charge in [0.15, 0.2) is 12.1 Å². The predicted molar refractivity (Wildman–Crippen MR) is 169 cm³/mol. The van der Waals surface area contributed by atoms with E-state index in [1.807, 2.05) is 39.9 Å². The van der Waals surface area contributed by atoms with Gasteiger partial charge >= 0.3 is 5.97 Å². The zero-order chi connectivity index (χ0) is 35.1. The minimum absolute atomic E-state index is 0.00101. The van der Waals surface area contributed by atoms with Crippen LogP contribution >= 0.6 is 0 Å². The van der Waals surface area contributed by atoms with Gasteiger partial charge in [0, 0.05) is 44.1 Å². The maximum absolute atomic E-state index is 14.1. The molecule has 0 saturated carbocycles. The normalized spacial score (nSPS) is 38.1. The Bertz CT molecular complexity index is 1130. The molecule has 0 aromatic rings. The number of nitrogens with zero attached hydrogens (tertiary/aromatic N) is 4. The fourth-order valence-electron chi connectivity index (χ4n) is 7.54. The van der Waals surface area contributed by atoms with Gasteiger partial charge in [-0.2, -0.15) is 0 Å². The van der Waals surface area contributed by atoms with Gasteiger partial charge in [0.2, 0.25) is 5.91 Å². The Morgan fingerprint density at radius 1 is 1.13 bits per heavy atom. The standard InChI is InChI=1S/C33H56F2N4O8/c1-20-13-23(36(6)7)26(41)29(46-20)47-28-21(2)27(42)31(3,4)30(43)45-17-24(37(8)12-10-11-32(28,5)44-9)22-14-39(15-22)25(40)16-38-18-33(34,35)19-38/h20-24,26,28-29,41H,10-19H2,1-9H3/t20-,21+,23+,24+,26-,28-,29+,32-/m1/s1. The van der Waals surface area contributed by atoms with E-state index >= 15 is 0 Å². The van der Waals surface area contributed by atoms with E-state index in [2.05, 4.69) is 4.90 Å². The van der Waals surface area contributed by atoms with E-state index < -0.39 is 60.4 Å². The molecular weight excluding hydrogens is 618 g/mol. The van der Waals surface area contributed by atoms with Crippen molar-refractivity contribution in [2.45, 2.75) is 102 Å². The van der Waals surface area contributed by atoms with E-state index in [1.54, 1.807) is 32.8 Å². The lowest BCUT2D eigenvalue weighted by Crippen LogP contribution is -2.63. The number of hydrogen-bond acceptors (Lipinski definition) is 11. The Labute approximate surface area is 277 Å². The zero-order valence-corrected chi connectivity index (χ0v) is 29.5. The summed E-state index contributed by atoms with van der Waals surface area (Å²) in [6.07, 6.45) is -1.27. The van der Waals surface area contributed by atoms with Crippen LogP contribution in [0, 0.1) is 17.3 Å². The van der Waals surface area contributed by atoms with Crippen LogP contribution in [0.3, 0.4) is 0 Å². The van der Waals surface area contributed by atoms with Gasteiger partial charge in [-0.3, -0.25) is 24.2 Å². The number of alkyl halides is 2. The Balaban J connectivity index is 1.51. The van der Waals surface area contributed by atoms with E-state index in [0.29, 0.717) is 38.9 Å². The third-order valence-electron chi connectivity index (χ3n) is 10.8. The van der Waals surface area contributed by atoms with Crippen LogP contribution in [0.5, 0.6) is 0 Å². The first kappa shape index (κ1) is 38.0. The smallest absolute Gasteiger partial charge is 0.319 e. The molecule has 270 valence electrons. The molecule has 4 fully saturated rings. The first-order valence-electron chi connectivity index (χ1n) is 16.8. The Morgan fingerprint density at radius 3 is 2.34 bits per heavy atom. The SMILES string of the molecule is CO[C@]1(C)CCCN(C)[C@H](C2CN(C(=O)CN3CC(F)(F)C3)C2)COC(=O)C(C)(C)C(=O)[C@H](C)[C@H]1O[C@@H]1O[C@H](C)C[C@H](N(C)C)[C@H]1O. The summed E-state index contributed by atoms with van der Waals surface area (Å²) in [5.41, 5.74) is -2.50. The number of hydrogen-bond donors (Lipinski definition) is 1. The van der Waals surface area contributed by atoms with Crippen molar-refractivity contribution < 1.29 is 47.2 Å². The van der Waals surface area contributed by atoms with Crippen LogP contribution in [0.4, 0.5) is 8.78 Å². The van der Waals surface area contributed by atoms with Crippen molar-refractivity contribution in [2.75, 3.05) is 74.1 Å². The minimum Gasteiger partial charge on any atom is -0.463 e. The van der Waals surface area contributed by atoms with Crippen LogP contribution in [0.25, 0.3) is 0 Å². The van der Waals surface area contributed by atoms with Gasteiger partial charge in [-0.25, -0.2) is 8.78 Å². The van der Waals surface area contributed by atoms with Crippen molar-refractivity contribution in [3.8, 4) is 0 Å². The van der Waals surface area contributed by atoms with Crippen molar-refractivity contribution in [3.05, 3.63) is 0 Å². The van der Waals surface area contributed by atoms with E-state index in [-0.39, 0.29) is 48.9 Å². The largest absolute Gasteiger partial charge is 0.463 e. The number of methoxy groups -OCH3 is 1. The number of aliphatic hydroxyl groups excluding tert-OH is 1. The summed E-state index contributed by atoms with van der Waals surface area (Å²) < 4.78 is 51.0. The molecule has 1 N–H and O–H groups in total. The number of likely N-dealkylation sites (tertiary alicyclic amines) is 2. The van der Waals surface area contributed by atoms with Gasteiger partial charge in [-0.15, -0.1) is 0 Å². The highest BCUT2D eigenvalue weighted by Gasteiger charge is 2.52. The van der Waals surface area contributed by atoms with Crippen LogP contribution in [-0.2, 0) is 33.3 Å². The molecule has 4 saturated heterocycles. The van der Waals surface area contributed by atoms with Crippen LogP contribution in [0.15, 0.2) is 0 Å². The number of rotatable bonds is 7. The molecule has 4 aliphatic rings. The van der Waals surface area contributed by atoms with Gasteiger partial charge in [-0.1, -0.05) is 6.92 Å². The maximum Gasteiger partial charge on any atom is 0.319 e. The summed E-state index contributed by atoms with van der Waals surface area (Å²) in [5, 5.41) is 11.3. The lowest BCUT2D eigenvalue weighted by molar-refractivity contribution is -0.295. The van der Waals surface area contributed by atoms with Gasteiger partial charge in [-0.05, 0) is 74.6 Å². The molecule has 0 spiro atoms. The minimum atomic E-state index is -2.73. The second kappa shape index (κ2) is 14.6. The van der Waals surface area contributed by atoms with Gasteiger partial charge < -0.3 is 33.9 Å². The highest BCUT2D eigenvalue weighted by molar-refractivity contribution is 6.04. The fraction of sp³-hybridized carbons (Fsp3) is 0.909. The molecular formula is C33H56F2N4O8. The molecule has 4 rings (SSSR count). The quantitative estimate of drug-likeness (QED) is 0.312. The molecule has 0 bridgehead atoms. The molecule has 0 radical (unpaired) electrons. The summed E-state index contributed by atoms with van der Waals surface area (Å²) in [7, 11) is 7.29. The first-order chi connectivity index (χ1) is 21.8. The molecule has 4 aliphatic heterocycles. The van der Waals surface area contributed by atoms with Crippen molar-refractivity contribution in [1.29, 1.82) is 0 Å². The summed E-state index contributed by atoms with van der Waals surface area (Å²) in [6.45, 7) is 9.28. The molecule has 47 heavy (non-hydrogen) atoms. The topological polar surface area (TPSA) is 121 Å². The third kappa shape index (κ3) is 8.33. The van der Waals surface area contributed by atoms with E-state index in [0.717, 1.165) is 0 Å². The van der Waals surface area contributed by atoms with Gasteiger partial charge in [0.05, 0.1) is 37.4 Å². The van der Waals surface area contributed by atoms with Gasteiger partial charge in [0.25, 0.3) is 5.92 Å². The number of carbonyl (C=O) groups excluding carboxylic acids is 3. The monoisotopic (exact) mass is 674 g/mol. The summed E-state index contributed by atoms with van der Waals surface area (Å²) >= 11 is 0. The van der Waals surface area contributed by atoms with Crippen LogP contribution in [0.1, 0.15) is 53.9 Å². The molecule has 0 aliphatic carbocycles. The number of Topliss-reactive ketones (excluding diaryl/α,β-unsaturated/α-hetero) is 1. The lowest BCUT2D eigenvalue weighted by atomic mass is 9.75. The van der Waals surface area contributed by atoms with Crippen molar-refractivity contribution in [1.82, 2.24) is 19.6 Å². The maximum atomic E-state index is 14.1. The third-order valence-corrected chi connectivity index (χ3v) is 10.8. The lowest BCUT2D eigenvalue weighted by Gasteiger charge is -2.47. The van der Waals surface area contributed by atoms with Crippen LogP contribution in [0.2, 0.25) is 0 Å². The van der Waals surface area contributed by atoms with Gasteiger partial charge in [0.1, 0.15) is 18.1 Å². The fourth-order valence-corrected chi connectivity index (χ4v) is 7.54. The molecule has 0 unspecified atom stereocenters. The number of amides is 1. The summed E-state index contributed by atoms with van der Waals surface area (Å²) in [4.78, 5) is 47.5. The Morgan fingerprint density at radius 2 is 1.77 bits per heavy atom. The predicted octanol–water partition coefficient (Wildman–Crippen LogP) is 1.48. The molecule has 4 heterocycles. The zero-order valence-electron chi connectivity index (χ0n) is 29.5. The number of aliphatic hydroxyl groups is 1. The van der Waals surface area contributed by atoms with Crippen molar-refractivity contribution in [3.63, 3.8) is 0 Å². The summed E-state index contributed by atoms with van der Waals surface area (Å²) in [5.74, 6) is -4.78. The molecule has 8 atom stereocenters. The Hall–Kier alpha value is -1.81. The highest BCUT2D eigenvalue weighted by Crippen LogP contribution is 2.38. The van der Waals surface area contributed by atoms with Crippen molar-refractivity contribution in [2.24, 2.45) is 17.3 Å². The molecule has 14 heteroatoms. The molecule has 0 aromatic heterocycles.